The lowest BCUT2D eigenvalue weighted by molar-refractivity contribution is 0.0389. The maximum absolute atomic E-state index is 13.6. The Morgan fingerprint density at radius 2 is 2.04 bits per heavy atom. The smallest absolute Gasteiger partial charge is 0.191 e. The summed E-state index contributed by atoms with van der Waals surface area (Å²) in [5, 5.41) is 6.55. The van der Waals surface area contributed by atoms with Crippen LogP contribution in [0.3, 0.4) is 0 Å². The number of hydrogen-bond acceptors (Lipinski definition) is 3. The molecule has 1 fully saturated rings. The van der Waals surface area contributed by atoms with Crippen LogP contribution in [0.1, 0.15) is 18.1 Å². The van der Waals surface area contributed by atoms with Crippen LogP contribution in [0.2, 0.25) is 0 Å². The lowest BCUT2D eigenvalue weighted by Gasteiger charge is -2.26. The molecule has 5 nitrogen and oxygen atoms in total. The van der Waals surface area contributed by atoms with Crippen LogP contribution in [0, 0.1) is 12.7 Å². The number of halogens is 2. The highest BCUT2D eigenvalue weighted by Crippen LogP contribution is 2.09. The highest BCUT2D eigenvalue weighted by molar-refractivity contribution is 14.0. The molecule has 0 radical (unpaired) electrons. The summed E-state index contributed by atoms with van der Waals surface area (Å²) in [7, 11) is 0. The van der Waals surface area contributed by atoms with Crippen molar-refractivity contribution in [2.24, 2.45) is 4.99 Å². The topological polar surface area (TPSA) is 48.9 Å². The lowest BCUT2D eigenvalue weighted by atomic mass is 10.1. The molecule has 1 aliphatic heterocycles. The van der Waals surface area contributed by atoms with Crippen molar-refractivity contribution in [2.75, 3.05) is 45.9 Å². The van der Waals surface area contributed by atoms with Crippen molar-refractivity contribution in [1.82, 2.24) is 15.5 Å². The van der Waals surface area contributed by atoms with Gasteiger partial charge in [-0.25, -0.2) is 9.38 Å². The first kappa shape index (κ1) is 21.1. The Morgan fingerprint density at radius 3 is 2.71 bits per heavy atom. The van der Waals surface area contributed by atoms with E-state index in [0.29, 0.717) is 12.1 Å². The highest BCUT2D eigenvalue weighted by Gasteiger charge is 2.09. The quantitative estimate of drug-likeness (QED) is 0.396. The number of guanidine groups is 1. The number of aliphatic imine (C=N–C) groups is 1. The zero-order valence-electron chi connectivity index (χ0n) is 14.5. The van der Waals surface area contributed by atoms with Gasteiger partial charge >= 0.3 is 0 Å². The third kappa shape index (κ3) is 7.31. The minimum atomic E-state index is -0.178. The first-order chi connectivity index (χ1) is 11.2. The Bertz CT molecular complexity index is 521. The van der Waals surface area contributed by atoms with Crippen molar-refractivity contribution in [3.05, 3.63) is 35.1 Å². The molecule has 0 spiro atoms. The van der Waals surface area contributed by atoms with Gasteiger partial charge in [0.25, 0.3) is 0 Å². The molecule has 0 aromatic heterocycles. The number of rotatable bonds is 6. The molecule has 1 heterocycles. The molecule has 1 aromatic rings. The number of benzene rings is 1. The van der Waals surface area contributed by atoms with E-state index in [1.807, 2.05) is 13.0 Å². The second kappa shape index (κ2) is 11.6. The number of ether oxygens (including phenoxy) is 1. The van der Waals surface area contributed by atoms with E-state index in [0.717, 1.165) is 57.5 Å². The van der Waals surface area contributed by atoms with Crippen molar-refractivity contribution in [1.29, 1.82) is 0 Å². The average molecular weight is 450 g/mol. The Balaban J connectivity index is 0.00000288. The molecule has 1 saturated heterocycles. The van der Waals surface area contributed by atoms with Crippen LogP contribution in [-0.2, 0) is 11.3 Å². The summed E-state index contributed by atoms with van der Waals surface area (Å²) in [6, 6.07) is 5.26. The van der Waals surface area contributed by atoms with Crippen molar-refractivity contribution in [3.8, 4) is 0 Å². The summed E-state index contributed by atoms with van der Waals surface area (Å²) in [6.45, 7) is 10.4. The molecule has 1 aliphatic rings. The molecule has 0 atom stereocenters. The molecule has 0 bridgehead atoms. The van der Waals surface area contributed by atoms with Crippen LogP contribution in [0.15, 0.2) is 23.2 Å². The van der Waals surface area contributed by atoms with Crippen LogP contribution in [0.4, 0.5) is 4.39 Å². The zero-order chi connectivity index (χ0) is 16.5. The van der Waals surface area contributed by atoms with Crippen molar-refractivity contribution in [3.63, 3.8) is 0 Å². The van der Waals surface area contributed by atoms with Crippen molar-refractivity contribution < 1.29 is 9.13 Å². The Hall–Kier alpha value is -0.930. The van der Waals surface area contributed by atoms with Gasteiger partial charge < -0.3 is 15.4 Å². The molecule has 0 amide bonds. The van der Waals surface area contributed by atoms with Gasteiger partial charge in [-0.3, -0.25) is 4.90 Å². The van der Waals surface area contributed by atoms with E-state index < -0.39 is 0 Å². The zero-order valence-corrected chi connectivity index (χ0v) is 16.8. The summed E-state index contributed by atoms with van der Waals surface area (Å²) in [5.74, 6) is 0.588. The van der Waals surface area contributed by atoms with Crippen molar-refractivity contribution in [2.45, 2.75) is 20.4 Å². The molecule has 7 heteroatoms. The molecular formula is C17H28FIN4O. The Morgan fingerprint density at radius 1 is 1.29 bits per heavy atom. The molecule has 0 unspecified atom stereocenters. The van der Waals surface area contributed by atoms with E-state index in [4.69, 9.17) is 4.74 Å². The second-order valence-corrected chi connectivity index (χ2v) is 5.66. The fourth-order valence-corrected chi connectivity index (χ4v) is 2.40. The van der Waals surface area contributed by atoms with Crippen LogP contribution >= 0.6 is 24.0 Å². The summed E-state index contributed by atoms with van der Waals surface area (Å²) >= 11 is 0. The SMILES string of the molecule is CCNC(=NCc1ccc(C)c(F)c1)NCCN1CCOCC1.I. The standard InChI is InChI=1S/C17H27FN4O.HI/c1-3-19-17(20-6-7-22-8-10-23-11-9-22)21-13-15-5-4-14(2)16(18)12-15;/h4-5,12H,3,6-11,13H2,1-2H3,(H2,19,20,21);1H. The third-order valence-electron chi connectivity index (χ3n) is 3.82. The van der Waals surface area contributed by atoms with Gasteiger partial charge in [0.05, 0.1) is 19.8 Å². The minimum Gasteiger partial charge on any atom is -0.379 e. The first-order valence-corrected chi connectivity index (χ1v) is 8.26. The normalized spacial score (nSPS) is 15.7. The van der Waals surface area contributed by atoms with E-state index >= 15 is 0 Å². The summed E-state index contributed by atoms with van der Waals surface area (Å²) in [5.41, 5.74) is 1.53. The van der Waals surface area contributed by atoms with E-state index in [1.165, 1.54) is 0 Å². The number of nitrogens with one attached hydrogen (secondary N) is 2. The summed E-state index contributed by atoms with van der Waals surface area (Å²) in [4.78, 5) is 6.89. The first-order valence-electron chi connectivity index (χ1n) is 8.26. The summed E-state index contributed by atoms with van der Waals surface area (Å²) < 4.78 is 18.9. The van der Waals surface area contributed by atoms with E-state index in [-0.39, 0.29) is 29.8 Å². The lowest BCUT2D eigenvalue weighted by Crippen LogP contribution is -2.44. The van der Waals surface area contributed by atoms with Crippen LogP contribution in [0.5, 0.6) is 0 Å². The van der Waals surface area contributed by atoms with Gasteiger partial charge in [0.2, 0.25) is 0 Å². The molecule has 2 N–H and O–H groups in total. The third-order valence-corrected chi connectivity index (χ3v) is 3.82. The van der Waals surface area contributed by atoms with Crippen molar-refractivity contribution >= 4 is 29.9 Å². The molecule has 2 rings (SSSR count). The molecule has 136 valence electrons. The van der Waals surface area contributed by atoms with Gasteiger partial charge in [-0.2, -0.15) is 0 Å². The van der Waals surface area contributed by atoms with Gasteiger partial charge in [-0.15, -0.1) is 24.0 Å². The summed E-state index contributed by atoms with van der Waals surface area (Å²) in [6.07, 6.45) is 0. The fraction of sp³-hybridized carbons (Fsp3) is 0.588. The average Bonchev–Trinajstić information content (AvgIpc) is 2.56. The second-order valence-electron chi connectivity index (χ2n) is 5.66. The number of aryl methyl sites for hydroxylation is 1. The van der Waals surface area contributed by atoms with E-state index in [1.54, 1.807) is 19.1 Å². The number of morpholine rings is 1. The van der Waals surface area contributed by atoms with Gasteiger partial charge in [-0.1, -0.05) is 12.1 Å². The Labute approximate surface area is 161 Å². The monoisotopic (exact) mass is 450 g/mol. The molecule has 1 aromatic carbocycles. The van der Waals surface area contributed by atoms with Gasteiger partial charge in [0, 0.05) is 32.7 Å². The van der Waals surface area contributed by atoms with Gasteiger partial charge in [0.15, 0.2) is 5.96 Å². The van der Waals surface area contributed by atoms with Gasteiger partial charge in [-0.05, 0) is 31.0 Å². The predicted octanol–water partition coefficient (Wildman–Crippen LogP) is 2.14. The Kier molecular flexibility index (Phi) is 10.2. The van der Waals surface area contributed by atoms with E-state index in [2.05, 4.69) is 20.5 Å². The predicted molar refractivity (Wildman–Crippen MR) is 107 cm³/mol. The van der Waals surface area contributed by atoms with Crippen LogP contribution < -0.4 is 10.6 Å². The number of nitrogens with zero attached hydrogens (tertiary/aromatic N) is 2. The van der Waals surface area contributed by atoms with Crippen LogP contribution in [-0.4, -0.2) is 56.8 Å². The highest BCUT2D eigenvalue weighted by atomic mass is 127. The largest absolute Gasteiger partial charge is 0.379 e. The molecule has 0 saturated carbocycles. The minimum absolute atomic E-state index is 0. The number of hydrogen-bond donors (Lipinski definition) is 2. The maximum Gasteiger partial charge on any atom is 0.191 e. The van der Waals surface area contributed by atoms with Gasteiger partial charge in [0.1, 0.15) is 5.82 Å². The molecule has 0 aliphatic carbocycles. The maximum atomic E-state index is 13.6. The molecular weight excluding hydrogens is 422 g/mol. The van der Waals surface area contributed by atoms with Crippen LogP contribution in [0.25, 0.3) is 0 Å². The van der Waals surface area contributed by atoms with E-state index in [9.17, 15) is 4.39 Å². The molecule has 24 heavy (non-hydrogen) atoms. The fourth-order valence-electron chi connectivity index (χ4n) is 2.40.